The molecule has 3 aromatic rings. The summed E-state index contributed by atoms with van der Waals surface area (Å²) in [4.78, 5) is 0. The van der Waals surface area contributed by atoms with Crippen molar-refractivity contribution in [3.63, 3.8) is 0 Å². The van der Waals surface area contributed by atoms with Gasteiger partial charge in [-0.2, -0.15) is 0 Å². The number of aromatic nitrogens is 1. The first-order valence-corrected chi connectivity index (χ1v) is 9.99. The Kier molecular flexibility index (Phi) is 5.72. The Morgan fingerprint density at radius 1 is 0.897 bits per heavy atom. The molecule has 154 valence electrons. The smallest absolute Gasteiger partial charge is 0.114 e. The number of aryl methyl sites for hydroxylation is 1. The van der Waals surface area contributed by atoms with E-state index in [9.17, 15) is 20.4 Å². The van der Waals surface area contributed by atoms with Crippen LogP contribution in [0.2, 0.25) is 0 Å². The third-order valence-electron chi connectivity index (χ3n) is 5.80. The first-order chi connectivity index (χ1) is 14.0. The number of aliphatic hydroxyl groups is 4. The van der Waals surface area contributed by atoms with Gasteiger partial charge in [0.1, 0.15) is 30.5 Å². The molecule has 6 nitrogen and oxygen atoms in total. The molecule has 1 fully saturated rings. The van der Waals surface area contributed by atoms with Crippen molar-refractivity contribution < 1.29 is 25.2 Å². The quantitative estimate of drug-likeness (QED) is 0.526. The van der Waals surface area contributed by atoms with Gasteiger partial charge < -0.3 is 29.7 Å². The summed E-state index contributed by atoms with van der Waals surface area (Å²) in [5.74, 6) is 0. The van der Waals surface area contributed by atoms with Crippen LogP contribution in [-0.4, -0.2) is 56.0 Å². The summed E-state index contributed by atoms with van der Waals surface area (Å²) in [6, 6.07) is 16.3. The Morgan fingerprint density at radius 3 is 2.28 bits per heavy atom. The SMILES string of the molecule is CCc1ccc(Cn2cc([C@@H]3O[C@H](CO)[C@@H](O)[C@H](O)[C@H]3O)c3ccccc32)cc1. The molecule has 0 saturated carbocycles. The summed E-state index contributed by atoms with van der Waals surface area (Å²) in [5, 5.41) is 41.2. The van der Waals surface area contributed by atoms with Crippen LogP contribution in [0.4, 0.5) is 0 Å². The number of para-hydroxylation sites is 1. The van der Waals surface area contributed by atoms with Crippen LogP contribution in [0.15, 0.2) is 54.7 Å². The Bertz CT molecular complexity index is 965. The van der Waals surface area contributed by atoms with Crippen molar-refractivity contribution in [2.24, 2.45) is 0 Å². The summed E-state index contributed by atoms with van der Waals surface area (Å²) in [7, 11) is 0. The van der Waals surface area contributed by atoms with Gasteiger partial charge in [0.25, 0.3) is 0 Å². The van der Waals surface area contributed by atoms with Crippen molar-refractivity contribution in [2.75, 3.05) is 6.61 Å². The van der Waals surface area contributed by atoms with Crippen LogP contribution in [0.5, 0.6) is 0 Å². The molecule has 4 N–H and O–H groups in total. The second-order valence-electron chi connectivity index (χ2n) is 7.65. The van der Waals surface area contributed by atoms with E-state index < -0.39 is 37.1 Å². The van der Waals surface area contributed by atoms with Crippen molar-refractivity contribution in [1.29, 1.82) is 0 Å². The number of aliphatic hydroxyl groups excluding tert-OH is 4. The molecule has 0 amide bonds. The molecule has 1 saturated heterocycles. The fraction of sp³-hybridized carbons (Fsp3) is 0.391. The Morgan fingerprint density at radius 2 is 1.59 bits per heavy atom. The van der Waals surface area contributed by atoms with Crippen molar-refractivity contribution in [3.8, 4) is 0 Å². The number of hydrogen-bond acceptors (Lipinski definition) is 5. The number of fused-ring (bicyclic) bond motifs is 1. The highest BCUT2D eigenvalue weighted by molar-refractivity contribution is 5.84. The zero-order chi connectivity index (χ0) is 20.5. The van der Waals surface area contributed by atoms with E-state index in [1.807, 2.05) is 30.5 Å². The van der Waals surface area contributed by atoms with Gasteiger partial charge in [-0.3, -0.25) is 0 Å². The predicted molar refractivity (Wildman–Crippen MR) is 110 cm³/mol. The first kappa shape index (κ1) is 20.1. The van der Waals surface area contributed by atoms with E-state index in [-0.39, 0.29) is 0 Å². The fourth-order valence-corrected chi connectivity index (χ4v) is 4.07. The normalized spacial score (nSPS) is 27.4. The van der Waals surface area contributed by atoms with Gasteiger partial charge in [0, 0.05) is 29.2 Å². The standard InChI is InChI=1S/C23H27NO5/c1-2-14-7-9-15(10-8-14)11-24-12-17(16-5-3-4-6-18(16)24)23-22(28)21(27)20(26)19(13-25)29-23/h3-10,12,19-23,25-28H,2,11,13H2,1H3/t19-,20-,21+,22-,23+/m1/s1. The van der Waals surface area contributed by atoms with Crippen molar-refractivity contribution in [1.82, 2.24) is 4.57 Å². The fourth-order valence-electron chi connectivity index (χ4n) is 4.07. The van der Waals surface area contributed by atoms with Crippen LogP contribution in [0, 0.1) is 0 Å². The second kappa shape index (κ2) is 8.26. The highest BCUT2D eigenvalue weighted by Crippen LogP contribution is 2.37. The molecule has 2 heterocycles. The van der Waals surface area contributed by atoms with Gasteiger partial charge in [-0.15, -0.1) is 0 Å². The van der Waals surface area contributed by atoms with Gasteiger partial charge in [0.15, 0.2) is 0 Å². The lowest BCUT2D eigenvalue weighted by Crippen LogP contribution is -2.55. The lowest BCUT2D eigenvalue weighted by molar-refractivity contribution is -0.231. The molecule has 1 aliphatic heterocycles. The molecule has 5 atom stereocenters. The van der Waals surface area contributed by atoms with Gasteiger partial charge in [-0.25, -0.2) is 0 Å². The van der Waals surface area contributed by atoms with Gasteiger partial charge >= 0.3 is 0 Å². The second-order valence-corrected chi connectivity index (χ2v) is 7.65. The maximum Gasteiger partial charge on any atom is 0.114 e. The van der Waals surface area contributed by atoms with E-state index in [2.05, 4.69) is 35.8 Å². The highest BCUT2D eigenvalue weighted by Gasteiger charge is 2.44. The number of benzene rings is 2. The van der Waals surface area contributed by atoms with Crippen molar-refractivity contribution in [2.45, 2.75) is 50.4 Å². The van der Waals surface area contributed by atoms with Crippen molar-refractivity contribution >= 4 is 10.9 Å². The van der Waals surface area contributed by atoms with E-state index in [1.165, 1.54) is 5.56 Å². The lowest BCUT2D eigenvalue weighted by Gasteiger charge is -2.40. The summed E-state index contributed by atoms with van der Waals surface area (Å²) in [5.41, 5.74) is 4.15. The largest absolute Gasteiger partial charge is 0.394 e. The maximum absolute atomic E-state index is 10.6. The van der Waals surface area contributed by atoms with Gasteiger partial charge in [0.05, 0.1) is 6.61 Å². The molecular formula is C23H27NO5. The van der Waals surface area contributed by atoms with Crippen LogP contribution in [0.1, 0.15) is 29.7 Å². The zero-order valence-electron chi connectivity index (χ0n) is 16.3. The molecule has 0 bridgehead atoms. The third kappa shape index (κ3) is 3.70. The summed E-state index contributed by atoms with van der Waals surface area (Å²) in [6.45, 7) is 2.34. The van der Waals surface area contributed by atoms with Crippen LogP contribution in [-0.2, 0) is 17.7 Å². The van der Waals surface area contributed by atoms with Crippen LogP contribution in [0.3, 0.4) is 0 Å². The Labute approximate surface area is 169 Å². The minimum Gasteiger partial charge on any atom is -0.394 e. The average molecular weight is 397 g/mol. The first-order valence-electron chi connectivity index (χ1n) is 9.99. The average Bonchev–Trinajstić information content (AvgIpc) is 3.11. The van der Waals surface area contributed by atoms with E-state index in [4.69, 9.17) is 4.74 Å². The van der Waals surface area contributed by atoms with E-state index in [0.29, 0.717) is 6.54 Å². The minimum atomic E-state index is -1.39. The molecule has 1 aromatic heterocycles. The predicted octanol–water partition coefficient (Wildman–Crippen LogP) is 1.77. The topological polar surface area (TPSA) is 95.1 Å². The molecule has 0 aliphatic carbocycles. The molecule has 0 radical (unpaired) electrons. The summed E-state index contributed by atoms with van der Waals surface area (Å²) < 4.78 is 7.89. The Hall–Kier alpha value is -2.22. The molecule has 4 rings (SSSR count). The van der Waals surface area contributed by atoms with Gasteiger partial charge in [-0.05, 0) is 23.6 Å². The molecular weight excluding hydrogens is 370 g/mol. The summed E-state index contributed by atoms with van der Waals surface area (Å²) >= 11 is 0. The van der Waals surface area contributed by atoms with Crippen LogP contribution < -0.4 is 0 Å². The van der Waals surface area contributed by atoms with Crippen LogP contribution >= 0.6 is 0 Å². The number of nitrogens with zero attached hydrogens (tertiary/aromatic N) is 1. The molecule has 1 aliphatic rings. The Balaban J connectivity index is 1.72. The lowest BCUT2D eigenvalue weighted by atomic mass is 9.91. The zero-order valence-corrected chi connectivity index (χ0v) is 16.3. The number of rotatable bonds is 5. The molecule has 0 unspecified atom stereocenters. The molecule has 2 aromatic carbocycles. The third-order valence-corrected chi connectivity index (χ3v) is 5.80. The number of ether oxygens (including phenoxy) is 1. The van der Waals surface area contributed by atoms with E-state index >= 15 is 0 Å². The van der Waals surface area contributed by atoms with Gasteiger partial charge in [0.2, 0.25) is 0 Å². The molecule has 6 heteroatoms. The van der Waals surface area contributed by atoms with E-state index in [0.717, 1.165) is 28.5 Å². The van der Waals surface area contributed by atoms with Gasteiger partial charge in [-0.1, -0.05) is 49.4 Å². The molecule has 29 heavy (non-hydrogen) atoms. The molecule has 0 spiro atoms. The maximum atomic E-state index is 10.6. The van der Waals surface area contributed by atoms with Crippen molar-refractivity contribution in [3.05, 3.63) is 71.4 Å². The van der Waals surface area contributed by atoms with E-state index in [1.54, 1.807) is 0 Å². The highest BCUT2D eigenvalue weighted by atomic mass is 16.5. The summed E-state index contributed by atoms with van der Waals surface area (Å²) in [6.07, 6.45) is -2.91. The monoisotopic (exact) mass is 397 g/mol. The van der Waals surface area contributed by atoms with Crippen LogP contribution in [0.25, 0.3) is 10.9 Å². The number of hydrogen-bond donors (Lipinski definition) is 4. The minimum absolute atomic E-state index is 0.441.